The summed E-state index contributed by atoms with van der Waals surface area (Å²) in [4.78, 5) is 36.5. The van der Waals surface area contributed by atoms with E-state index in [1.807, 2.05) is 41.8 Å². The van der Waals surface area contributed by atoms with Crippen molar-refractivity contribution in [1.29, 1.82) is 0 Å². The molecule has 1 aliphatic rings. The van der Waals surface area contributed by atoms with E-state index in [-0.39, 0.29) is 11.7 Å². The summed E-state index contributed by atoms with van der Waals surface area (Å²) in [7, 11) is 0. The monoisotopic (exact) mass is 388 g/mol. The minimum Gasteiger partial charge on any atom is -0.455 e. The van der Waals surface area contributed by atoms with E-state index in [1.165, 1.54) is 11.8 Å². The molecule has 1 aromatic carbocycles. The molecule has 0 atom stereocenters. The normalized spacial score (nSPS) is 13.8. The zero-order valence-corrected chi connectivity index (χ0v) is 15.8. The summed E-state index contributed by atoms with van der Waals surface area (Å²) in [5.74, 6) is -0.466. The molecule has 3 rings (SSSR count). The van der Waals surface area contributed by atoms with Gasteiger partial charge in [-0.3, -0.25) is 19.3 Å². The molecule has 1 aliphatic heterocycles. The number of likely N-dealkylation sites (tertiary alicyclic amines) is 1. The summed E-state index contributed by atoms with van der Waals surface area (Å²) >= 11 is 1.20. The first kappa shape index (κ1) is 19.1. The Morgan fingerprint density at radius 3 is 2.70 bits per heavy atom. The number of esters is 1. The number of aromatic nitrogens is 3. The molecule has 2 amide bonds. The number of hydrogen-bond acceptors (Lipinski definition) is 7. The molecule has 0 N–H and O–H groups in total. The number of benzene rings is 1. The fraction of sp³-hybridized carbons (Fsp3) is 0.389. The Bertz CT molecular complexity index is 837. The van der Waals surface area contributed by atoms with Gasteiger partial charge in [0.25, 0.3) is 5.91 Å². The van der Waals surface area contributed by atoms with Gasteiger partial charge in [0.1, 0.15) is 5.82 Å². The lowest BCUT2D eigenvalue weighted by Crippen LogP contribution is -2.35. The van der Waals surface area contributed by atoms with Crippen LogP contribution in [0.1, 0.15) is 24.2 Å². The first-order valence-electron chi connectivity index (χ1n) is 8.60. The summed E-state index contributed by atoms with van der Waals surface area (Å²) < 4.78 is 6.91. The van der Waals surface area contributed by atoms with Gasteiger partial charge < -0.3 is 9.30 Å². The Morgan fingerprint density at radius 2 is 2.00 bits per heavy atom. The van der Waals surface area contributed by atoms with Gasteiger partial charge in [-0.1, -0.05) is 42.1 Å². The second-order valence-electron chi connectivity index (χ2n) is 6.09. The molecule has 2 heterocycles. The van der Waals surface area contributed by atoms with Gasteiger partial charge in [-0.15, -0.1) is 10.2 Å². The second-order valence-corrected chi connectivity index (χ2v) is 7.04. The highest BCUT2D eigenvalue weighted by Gasteiger charge is 2.27. The van der Waals surface area contributed by atoms with Crippen LogP contribution in [-0.2, 0) is 25.7 Å². The van der Waals surface area contributed by atoms with Crippen molar-refractivity contribution in [2.45, 2.75) is 31.5 Å². The fourth-order valence-corrected chi connectivity index (χ4v) is 3.49. The number of carbonyl (C=O) groups is 3. The van der Waals surface area contributed by atoms with Crippen LogP contribution in [0.5, 0.6) is 0 Å². The molecule has 0 spiro atoms. The Balaban J connectivity index is 1.50. The molecule has 9 heteroatoms. The Labute approximate surface area is 160 Å². The molecule has 2 aromatic rings. The molecule has 1 fully saturated rings. The van der Waals surface area contributed by atoms with Gasteiger partial charge in [-0.25, -0.2) is 0 Å². The van der Waals surface area contributed by atoms with Gasteiger partial charge in [-0.05, 0) is 18.9 Å². The maximum absolute atomic E-state index is 11.9. The minimum atomic E-state index is -0.535. The molecule has 0 saturated carbocycles. The third-order valence-electron chi connectivity index (χ3n) is 4.14. The number of carbonyl (C=O) groups excluding carboxylic acids is 3. The van der Waals surface area contributed by atoms with Crippen LogP contribution in [0.4, 0.5) is 0 Å². The van der Waals surface area contributed by atoms with E-state index in [1.54, 1.807) is 0 Å². The molecule has 0 radical (unpaired) electrons. The van der Waals surface area contributed by atoms with Crippen LogP contribution in [0.3, 0.4) is 0 Å². The van der Waals surface area contributed by atoms with Gasteiger partial charge in [0.2, 0.25) is 5.91 Å². The molecule has 27 heavy (non-hydrogen) atoms. The van der Waals surface area contributed by atoms with Crippen molar-refractivity contribution in [2.75, 3.05) is 18.9 Å². The van der Waals surface area contributed by atoms with Gasteiger partial charge >= 0.3 is 5.97 Å². The van der Waals surface area contributed by atoms with E-state index in [0.717, 1.165) is 16.3 Å². The molecule has 0 aliphatic carbocycles. The van der Waals surface area contributed by atoms with Gasteiger partial charge in [0.05, 0.1) is 12.3 Å². The van der Waals surface area contributed by atoms with Crippen molar-refractivity contribution in [3.8, 4) is 0 Å². The van der Waals surface area contributed by atoms with E-state index in [0.29, 0.717) is 31.1 Å². The SMILES string of the molecule is Cc1nnc(SCC(=O)OCC(=O)N2CCCC2=O)n1Cc1ccccc1. The van der Waals surface area contributed by atoms with Gasteiger partial charge in [0, 0.05) is 13.0 Å². The summed E-state index contributed by atoms with van der Waals surface area (Å²) in [6.07, 6.45) is 1.02. The Kier molecular flexibility index (Phi) is 6.23. The second kappa shape index (κ2) is 8.81. The molecule has 1 saturated heterocycles. The number of aryl methyl sites for hydroxylation is 1. The Hall–Kier alpha value is -2.68. The van der Waals surface area contributed by atoms with Crippen LogP contribution >= 0.6 is 11.8 Å². The average Bonchev–Trinajstić information content (AvgIpc) is 3.25. The number of thioether (sulfide) groups is 1. The predicted octanol–water partition coefficient (Wildman–Crippen LogP) is 1.42. The number of nitrogens with zero attached hydrogens (tertiary/aromatic N) is 4. The van der Waals surface area contributed by atoms with Crippen LogP contribution in [-0.4, -0.2) is 56.4 Å². The first-order valence-corrected chi connectivity index (χ1v) is 9.58. The lowest BCUT2D eigenvalue weighted by molar-refractivity contribution is -0.153. The third kappa shape index (κ3) is 4.94. The summed E-state index contributed by atoms with van der Waals surface area (Å²) in [6, 6.07) is 9.88. The Morgan fingerprint density at radius 1 is 1.22 bits per heavy atom. The maximum Gasteiger partial charge on any atom is 0.316 e. The molecule has 142 valence electrons. The van der Waals surface area contributed by atoms with Crippen LogP contribution in [0, 0.1) is 6.92 Å². The lowest BCUT2D eigenvalue weighted by Gasteiger charge is -2.13. The van der Waals surface area contributed by atoms with Crippen molar-refractivity contribution in [1.82, 2.24) is 19.7 Å². The largest absolute Gasteiger partial charge is 0.455 e. The average molecular weight is 388 g/mol. The van der Waals surface area contributed by atoms with Crippen molar-refractivity contribution in [2.24, 2.45) is 0 Å². The highest BCUT2D eigenvalue weighted by Crippen LogP contribution is 2.19. The quantitative estimate of drug-likeness (QED) is 0.523. The van der Waals surface area contributed by atoms with Crippen LogP contribution < -0.4 is 0 Å². The zero-order chi connectivity index (χ0) is 19.2. The highest BCUT2D eigenvalue weighted by atomic mass is 32.2. The zero-order valence-electron chi connectivity index (χ0n) is 15.0. The smallest absolute Gasteiger partial charge is 0.316 e. The number of ether oxygens (including phenoxy) is 1. The van der Waals surface area contributed by atoms with E-state index in [4.69, 9.17) is 4.74 Å². The molecular weight excluding hydrogens is 368 g/mol. The van der Waals surface area contributed by atoms with E-state index in [2.05, 4.69) is 10.2 Å². The lowest BCUT2D eigenvalue weighted by atomic mass is 10.2. The molecule has 0 bridgehead atoms. The number of amides is 2. The highest BCUT2D eigenvalue weighted by molar-refractivity contribution is 7.99. The summed E-state index contributed by atoms with van der Waals surface area (Å²) in [5, 5.41) is 8.77. The first-order chi connectivity index (χ1) is 13.0. The molecule has 8 nitrogen and oxygen atoms in total. The molecule has 1 aromatic heterocycles. The van der Waals surface area contributed by atoms with E-state index < -0.39 is 18.5 Å². The topological polar surface area (TPSA) is 94.4 Å². The third-order valence-corrected chi connectivity index (χ3v) is 5.08. The standard InChI is InChI=1S/C18H20N4O4S/c1-13-19-20-18(22(13)10-14-6-3-2-4-7-14)27-12-17(25)26-11-16(24)21-9-5-8-15(21)23/h2-4,6-7H,5,8-12H2,1H3. The minimum absolute atomic E-state index is 0.00808. The van der Waals surface area contributed by atoms with E-state index in [9.17, 15) is 14.4 Å². The number of rotatable bonds is 7. The number of imide groups is 1. The maximum atomic E-state index is 11.9. The van der Waals surface area contributed by atoms with Gasteiger partial charge in [-0.2, -0.15) is 0 Å². The van der Waals surface area contributed by atoms with Crippen LogP contribution in [0.15, 0.2) is 35.5 Å². The van der Waals surface area contributed by atoms with Crippen molar-refractivity contribution >= 4 is 29.5 Å². The fourth-order valence-electron chi connectivity index (χ4n) is 2.71. The van der Waals surface area contributed by atoms with Crippen molar-refractivity contribution < 1.29 is 19.1 Å². The van der Waals surface area contributed by atoms with Crippen LogP contribution in [0.2, 0.25) is 0 Å². The summed E-state index contributed by atoms with van der Waals surface area (Å²) in [6.45, 7) is 2.43. The van der Waals surface area contributed by atoms with Crippen molar-refractivity contribution in [3.05, 3.63) is 41.7 Å². The van der Waals surface area contributed by atoms with Crippen LogP contribution in [0.25, 0.3) is 0 Å². The number of hydrogen-bond donors (Lipinski definition) is 0. The molecular formula is C18H20N4O4S. The van der Waals surface area contributed by atoms with E-state index >= 15 is 0 Å². The van der Waals surface area contributed by atoms with Crippen molar-refractivity contribution in [3.63, 3.8) is 0 Å². The predicted molar refractivity (Wildman–Crippen MR) is 97.9 cm³/mol. The summed E-state index contributed by atoms with van der Waals surface area (Å²) in [5.41, 5.74) is 1.10. The van der Waals surface area contributed by atoms with Gasteiger partial charge in [0.15, 0.2) is 11.8 Å². The molecule has 0 unspecified atom stereocenters.